The number of hydroxylamine groups is 1. The number of nitrogens with one attached hydrogen (secondary N) is 1. The van der Waals surface area contributed by atoms with Gasteiger partial charge in [-0.15, -0.1) is 0 Å². The van der Waals surface area contributed by atoms with Gasteiger partial charge in [-0.2, -0.15) is 13.2 Å². The summed E-state index contributed by atoms with van der Waals surface area (Å²) in [6.45, 7) is -1.57. The van der Waals surface area contributed by atoms with Crippen molar-refractivity contribution in [3.63, 3.8) is 0 Å². The van der Waals surface area contributed by atoms with Gasteiger partial charge in [-0.1, -0.05) is 0 Å². The largest absolute Gasteiger partial charge is 0.414 e. The van der Waals surface area contributed by atoms with Gasteiger partial charge in [0.05, 0.1) is 4.47 Å². The lowest BCUT2D eigenvalue weighted by atomic mass is 10.5. The van der Waals surface area contributed by atoms with Gasteiger partial charge in [-0.05, 0) is 15.9 Å². The van der Waals surface area contributed by atoms with E-state index in [1.165, 1.54) is 16.8 Å². The summed E-state index contributed by atoms with van der Waals surface area (Å²) in [7, 11) is 0. The molecule has 2 aromatic heterocycles. The number of fused-ring (bicyclic) bond motifs is 1. The average Bonchev–Trinajstić information content (AvgIpc) is 2.70. The molecule has 0 spiro atoms. The second-order valence-corrected chi connectivity index (χ2v) is 4.36. The van der Waals surface area contributed by atoms with Crippen LogP contribution < -0.4 is 5.48 Å². The summed E-state index contributed by atoms with van der Waals surface area (Å²) in [6.07, 6.45) is -0.120. The van der Waals surface area contributed by atoms with Crippen LogP contribution in [0.2, 0.25) is 0 Å². The third-order valence-corrected chi connectivity index (χ3v) is 2.32. The molecular weight excluding hydrogens is 333 g/mol. The van der Waals surface area contributed by atoms with Gasteiger partial charge in [0.1, 0.15) is 0 Å². The van der Waals surface area contributed by atoms with Gasteiger partial charge < -0.3 is 0 Å². The van der Waals surface area contributed by atoms with Crippen LogP contribution in [0.1, 0.15) is 10.5 Å². The fourth-order valence-electron chi connectivity index (χ4n) is 1.21. The maximum atomic E-state index is 11.8. The summed E-state index contributed by atoms with van der Waals surface area (Å²) in [6, 6.07) is 0. The van der Waals surface area contributed by atoms with Crippen molar-refractivity contribution < 1.29 is 22.8 Å². The van der Waals surface area contributed by atoms with Gasteiger partial charge in [-0.3, -0.25) is 14.0 Å². The maximum absolute atomic E-state index is 11.8. The Morgan fingerprint density at radius 3 is 2.89 bits per heavy atom. The van der Waals surface area contributed by atoms with Crippen LogP contribution in [0, 0.1) is 0 Å². The molecular formula is C9H6BrF3N4O2. The second kappa shape index (κ2) is 5.13. The Morgan fingerprint density at radius 2 is 2.21 bits per heavy atom. The first-order valence-electron chi connectivity index (χ1n) is 4.84. The monoisotopic (exact) mass is 338 g/mol. The highest BCUT2D eigenvalue weighted by Gasteiger charge is 2.28. The van der Waals surface area contributed by atoms with Crippen LogP contribution in [-0.2, 0) is 4.84 Å². The standard InChI is InChI=1S/C9H6BrF3N4O2/c10-5-1-14-8-15-6(3-17(8)2-5)7(18)16-19-4-9(11,12)13/h1-3H,4H2,(H,16,18). The van der Waals surface area contributed by atoms with Crippen molar-refractivity contribution in [2.75, 3.05) is 6.61 Å². The van der Waals surface area contributed by atoms with Gasteiger partial charge in [-0.25, -0.2) is 15.4 Å². The van der Waals surface area contributed by atoms with Gasteiger partial charge in [0.15, 0.2) is 12.3 Å². The van der Waals surface area contributed by atoms with Crippen molar-refractivity contribution in [3.05, 3.63) is 28.8 Å². The summed E-state index contributed by atoms with van der Waals surface area (Å²) >= 11 is 3.18. The zero-order valence-corrected chi connectivity index (χ0v) is 10.7. The Bertz CT molecular complexity index is 613. The normalized spacial score (nSPS) is 11.8. The molecule has 19 heavy (non-hydrogen) atoms. The van der Waals surface area contributed by atoms with Crippen LogP contribution in [-0.4, -0.2) is 33.1 Å². The molecule has 0 fully saturated rings. The predicted octanol–water partition coefficient (Wildman–Crippen LogP) is 1.72. The number of carbonyl (C=O) groups is 1. The Morgan fingerprint density at radius 1 is 1.47 bits per heavy atom. The molecule has 102 valence electrons. The van der Waals surface area contributed by atoms with E-state index < -0.39 is 18.7 Å². The van der Waals surface area contributed by atoms with Crippen LogP contribution in [0.25, 0.3) is 5.78 Å². The topological polar surface area (TPSA) is 68.5 Å². The fraction of sp³-hybridized carbons (Fsp3) is 0.222. The van der Waals surface area contributed by atoms with E-state index in [1.54, 1.807) is 11.7 Å². The first-order chi connectivity index (χ1) is 8.85. The summed E-state index contributed by atoms with van der Waals surface area (Å²) in [5.74, 6) is -0.643. The summed E-state index contributed by atoms with van der Waals surface area (Å²) in [5.41, 5.74) is 1.55. The number of rotatable bonds is 3. The zero-order valence-electron chi connectivity index (χ0n) is 9.11. The second-order valence-electron chi connectivity index (χ2n) is 3.44. The Balaban J connectivity index is 2.05. The van der Waals surface area contributed by atoms with E-state index in [4.69, 9.17) is 0 Å². The number of carbonyl (C=O) groups excluding carboxylic acids is 1. The van der Waals surface area contributed by atoms with E-state index in [1.807, 2.05) is 0 Å². The zero-order chi connectivity index (χ0) is 14.0. The lowest BCUT2D eigenvalue weighted by molar-refractivity contribution is -0.184. The number of hydrogen-bond donors (Lipinski definition) is 1. The van der Waals surface area contributed by atoms with Gasteiger partial charge in [0, 0.05) is 18.6 Å². The summed E-state index contributed by atoms with van der Waals surface area (Å²) in [4.78, 5) is 23.2. The van der Waals surface area contributed by atoms with Crippen LogP contribution in [0.4, 0.5) is 13.2 Å². The number of hydrogen-bond acceptors (Lipinski definition) is 4. The van der Waals surface area contributed by atoms with E-state index in [0.29, 0.717) is 4.47 Å². The number of imidazole rings is 1. The summed E-state index contributed by atoms with van der Waals surface area (Å²) in [5, 5.41) is 0. The predicted molar refractivity (Wildman–Crippen MR) is 60.2 cm³/mol. The van der Waals surface area contributed by atoms with Crippen molar-refractivity contribution in [1.29, 1.82) is 0 Å². The fourth-order valence-corrected chi connectivity index (χ4v) is 1.53. The highest BCUT2D eigenvalue weighted by Crippen LogP contribution is 2.14. The highest BCUT2D eigenvalue weighted by atomic mass is 79.9. The number of halogens is 4. The third-order valence-electron chi connectivity index (χ3n) is 1.91. The van der Waals surface area contributed by atoms with Gasteiger partial charge in [0.2, 0.25) is 5.78 Å². The minimum Gasteiger partial charge on any atom is -0.289 e. The molecule has 6 nitrogen and oxygen atoms in total. The molecule has 10 heteroatoms. The lowest BCUT2D eigenvalue weighted by Crippen LogP contribution is -2.29. The van der Waals surface area contributed by atoms with Crippen LogP contribution in [0.5, 0.6) is 0 Å². The minimum atomic E-state index is -4.52. The number of alkyl halides is 3. The lowest BCUT2D eigenvalue weighted by Gasteiger charge is -2.06. The van der Waals surface area contributed by atoms with E-state index in [9.17, 15) is 18.0 Å². The van der Waals surface area contributed by atoms with E-state index in [0.717, 1.165) is 0 Å². The molecule has 0 aliphatic rings. The molecule has 1 amide bonds. The molecule has 2 rings (SSSR count). The molecule has 0 bridgehead atoms. The van der Waals surface area contributed by atoms with E-state index in [2.05, 4.69) is 30.7 Å². The molecule has 0 aromatic carbocycles. The number of aromatic nitrogens is 3. The SMILES string of the molecule is O=C(NOCC(F)(F)F)c1cn2cc(Br)cnc2n1. The van der Waals surface area contributed by atoms with Crippen molar-refractivity contribution in [3.8, 4) is 0 Å². The van der Waals surface area contributed by atoms with Crippen molar-refractivity contribution in [1.82, 2.24) is 19.8 Å². The average molecular weight is 339 g/mol. The number of nitrogens with zero attached hydrogens (tertiary/aromatic N) is 3. The molecule has 0 aliphatic heterocycles. The molecule has 0 radical (unpaired) electrons. The van der Waals surface area contributed by atoms with Crippen molar-refractivity contribution in [2.45, 2.75) is 6.18 Å². The molecule has 2 heterocycles. The first-order valence-corrected chi connectivity index (χ1v) is 5.63. The smallest absolute Gasteiger partial charge is 0.289 e. The van der Waals surface area contributed by atoms with Gasteiger partial charge in [0.25, 0.3) is 5.91 Å². The first kappa shape index (κ1) is 13.7. The molecule has 0 saturated carbocycles. The number of amides is 1. The highest BCUT2D eigenvalue weighted by molar-refractivity contribution is 9.10. The minimum absolute atomic E-state index is 0.104. The van der Waals surface area contributed by atoms with Crippen LogP contribution in [0.3, 0.4) is 0 Å². The quantitative estimate of drug-likeness (QED) is 0.865. The van der Waals surface area contributed by atoms with Gasteiger partial charge >= 0.3 is 6.18 Å². The Kier molecular flexibility index (Phi) is 3.71. The molecule has 1 N–H and O–H groups in total. The molecule has 0 atom stereocenters. The maximum Gasteiger partial charge on any atom is 0.414 e. The Hall–Kier alpha value is -1.68. The molecule has 0 unspecified atom stereocenters. The molecule has 0 saturated heterocycles. The van der Waals surface area contributed by atoms with E-state index in [-0.39, 0.29) is 11.5 Å². The molecule has 2 aromatic rings. The van der Waals surface area contributed by atoms with Crippen molar-refractivity contribution in [2.24, 2.45) is 0 Å². The molecule has 0 aliphatic carbocycles. The van der Waals surface area contributed by atoms with Crippen LogP contribution in [0.15, 0.2) is 23.1 Å². The Labute approximate surface area is 112 Å². The van der Waals surface area contributed by atoms with E-state index >= 15 is 0 Å². The third kappa shape index (κ3) is 3.64. The van der Waals surface area contributed by atoms with Crippen LogP contribution >= 0.6 is 15.9 Å². The van der Waals surface area contributed by atoms with Crippen molar-refractivity contribution >= 4 is 27.6 Å². The summed E-state index contributed by atoms with van der Waals surface area (Å²) < 4.78 is 37.5.